The zero-order valence-electron chi connectivity index (χ0n) is 16.5. The second-order valence-corrected chi connectivity index (χ2v) is 7.05. The molecule has 0 bridgehead atoms. The number of nitrogens with one attached hydrogen (secondary N) is 1. The minimum atomic E-state index is -0.195. The van der Waals surface area contributed by atoms with Gasteiger partial charge in [0.05, 0.1) is 29.4 Å². The van der Waals surface area contributed by atoms with E-state index in [1.54, 1.807) is 6.20 Å². The number of carbonyl (C=O) groups is 1. The Balaban J connectivity index is 2.06. The zero-order chi connectivity index (χ0) is 19.6. The smallest absolute Gasteiger partial charge is 0.256 e. The fourth-order valence-electron chi connectivity index (χ4n) is 2.94. The number of carbonyl (C=O) groups excluding carboxylic acids is 1. The summed E-state index contributed by atoms with van der Waals surface area (Å²) in [6.45, 7) is 10.7. The van der Waals surface area contributed by atoms with Crippen molar-refractivity contribution in [3.8, 4) is 5.75 Å². The third-order valence-electron chi connectivity index (χ3n) is 4.35. The number of amides is 1. The van der Waals surface area contributed by atoms with E-state index in [9.17, 15) is 4.79 Å². The van der Waals surface area contributed by atoms with E-state index in [4.69, 9.17) is 9.72 Å². The average molecular weight is 366 g/mol. The second-order valence-electron chi connectivity index (χ2n) is 7.05. The van der Waals surface area contributed by atoms with Crippen molar-refractivity contribution in [2.75, 3.05) is 11.9 Å². The first-order valence-corrected chi connectivity index (χ1v) is 9.33. The predicted molar refractivity (Wildman–Crippen MR) is 108 cm³/mol. The van der Waals surface area contributed by atoms with E-state index in [0.717, 1.165) is 16.7 Å². The molecule has 0 radical (unpaired) electrons. The number of ether oxygens (including phenoxy) is 1. The number of para-hydroxylation sites is 2. The van der Waals surface area contributed by atoms with Crippen molar-refractivity contribution in [3.05, 3.63) is 47.8 Å². The topological polar surface area (TPSA) is 69.0 Å². The van der Waals surface area contributed by atoms with Crippen LogP contribution < -0.4 is 10.1 Å². The molecule has 0 fully saturated rings. The van der Waals surface area contributed by atoms with Gasteiger partial charge in [-0.25, -0.2) is 9.67 Å². The molecule has 6 heteroatoms. The standard InChI is InChI=1S/C21H26N4O2/c1-6-27-19-10-8-7-9-17(19)24-21(26)15-11-18(13(2)3)23-20-16(15)12-22-25(20)14(4)5/h7-14H,6H2,1-5H3,(H,24,26). The lowest BCUT2D eigenvalue weighted by Gasteiger charge is -2.14. The molecule has 0 saturated heterocycles. The van der Waals surface area contributed by atoms with Crippen LogP contribution in [0.2, 0.25) is 0 Å². The summed E-state index contributed by atoms with van der Waals surface area (Å²) in [5.41, 5.74) is 2.83. The highest BCUT2D eigenvalue weighted by atomic mass is 16.5. The van der Waals surface area contributed by atoms with Crippen LogP contribution in [-0.4, -0.2) is 27.3 Å². The van der Waals surface area contributed by atoms with Gasteiger partial charge in [-0.3, -0.25) is 4.79 Å². The zero-order valence-corrected chi connectivity index (χ0v) is 16.5. The van der Waals surface area contributed by atoms with Crippen LogP contribution in [0.4, 0.5) is 5.69 Å². The minimum absolute atomic E-state index is 0.159. The van der Waals surface area contributed by atoms with Gasteiger partial charge in [-0.05, 0) is 44.9 Å². The fraction of sp³-hybridized carbons (Fsp3) is 0.381. The summed E-state index contributed by atoms with van der Waals surface area (Å²) in [7, 11) is 0. The Hall–Kier alpha value is -2.89. The molecule has 27 heavy (non-hydrogen) atoms. The lowest BCUT2D eigenvalue weighted by molar-refractivity contribution is 0.102. The molecule has 1 aromatic carbocycles. The van der Waals surface area contributed by atoms with E-state index in [1.807, 2.05) is 55.8 Å². The van der Waals surface area contributed by atoms with E-state index in [0.29, 0.717) is 23.6 Å². The molecule has 6 nitrogen and oxygen atoms in total. The van der Waals surface area contributed by atoms with Gasteiger partial charge in [0.2, 0.25) is 0 Å². The molecule has 0 spiro atoms. The maximum Gasteiger partial charge on any atom is 0.256 e. The maximum atomic E-state index is 13.1. The third kappa shape index (κ3) is 3.79. The van der Waals surface area contributed by atoms with E-state index in [1.165, 1.54) is 0 Å². The fourth-order valence-corrected chi connectivity index (χ4v) is 2.94. The van der Waals surface area contributed by atoms with E-state index >= 15 is 0 Å². The molecule has 2 aromatic heterocycles. The number of hydrogen-bond acceptors (Lipinski definition) is 4. The number of benzene rings is 1. The Labute approximate surface area is 159 Å². The van der Waals surface area contributed by atoms with E-state index < -0.39 is 0 Å². The summed E-state index contributed by atoms with van der Waals surface area (Å²) in [5, 5.41) is 8.17. The van der Waals surface area contributed by atoms with Gasteiger partial charge >= 0.3 is 0 Å². The number of hydrogen-bond donors (Lipinski definition) is 1. The van der Waals surface area contributed by atoms with Crippen LogP contribution in [-0.2, 0) is 0 Å². The molecule has 2 heterocycles. The third-order valence-corrected chi connectivity index (χ3v) is 4.35. The van der Waals surface area contributed by atoms with Crippen molar-refractivity contribution in [3.63, 3.8) is 0 Å². The summed E-state index contributed by atoms with van der Waals surface area (Å²) >= 11 is 0. The van der Waals surface area contributed by atoms with Crippen molar-refractivity contribution < 1.29 is 9.53 Å². The number of aromatic nitrogens is 3. The Morgan fingerprint density at radius 2 is 1.96 bits per heavy atom. The summed E-state index contributed by atoms with van der Waals surface area (Å²) in [5.74, 6) is 0.660. The SMILES string of the molecule is CCOc1ccccc1NC(=O)c1cc(C(C)C)nc2c1cnn2C(C)C. The van der Waals surface area contributed by atoms with Crippen LogP contribution in [0.15, 0.2) is 36.5 Å². The van der Waals surface area contributed by atoms with Crippen molar-refractivity contribution in [2.24, 2.45) is 0 Å². The van der Waals surface area contributed by atoms with Gasteiger partial charge in [0.15, 0.2) is 5.65 Å². The molecular formula is C21H26N4O2. The molecule has 1 N–H and O–H groups in total. The highest BCUT2D eigenvalue weighted by Crippen LogP contribution is 2.28. The van der Waals surface area contributed by atoms with E-state index in [2.05, 4.69) is 24.3 Å². The lowest BCUT2D eigenvalue weighted by atomic mass is 10.0. The molecule has 1 amide bonds. The number of pyridine rings is 1. The van der Waals surface area contributed by atoms with Crippen molar-refractivity contribution in [1.82, 2.24) is 14.8 Å². The molecule has 0 atom stereocenters. The molecule has 0 aliphatic carbocycles. The Morgan fingerprint density at radius 3 is 2.63 bits per heavy atom. The number of anilines is 1. The first kappa shape index (κ1) is 18.9. The van der Waals surface area contributed by atoms with Crippen LogP contribution in [0.25, 0.3) is 11.0 Å². The van der Waals surface area contributed by atoms with Gasteiger partial charge < -0.3 is 10.1 Å². The van der Waals surface area contributed by atoms with Crippen LogP contribution >= 0.6 is 0 Å². The van der Waals surface area contributed by atoms with Gasteiger partial charge in [0, 0.05) is 11.7 Å². The Morgan fingerprint density at radius 1 is 1.22 bits per heavy atom. The molecule has 0 unspecified atom stereocenters. The van der Waals surface area contributed by atoms with E-state index in [-0.39, 0.29) is 17.9 Å². The van der Waals surface area contributed by atoms with Crippen molar-refractivity contribution in [2.45, 2.75) is 46.6 Å². The van der Waals surface area contributed by atoms with Crippen LogP contribution in [0.1, 0.15) is 62.6 Å². The largest absolute Gasteiger partial charge is 0.492 e. The normalized spacial score (nSPS) is 11.4. The number of rotatable bonds is 6. The molecule has 0 aliphatic rings. The molecule has 0 saturated carbocycles. The van der Waals surface area contributed by atoms with Crippen molar-refractivity contribution in [1.29, 1.82) is 0 Å². The van der Waals surface area contributed by atoms with Gasteiger partial charge in [0.1, 0.15) is 5.75 Å². The van der Waals surface area contributed by atoms with Gasteiger partial charge in [0.25, 0.3) is 5.91 Å². The first-order valence-electron chi connectivity index (χ1n) is 9.33. The first-order chi connectivity index (χ1) is 12.9. The number of nitrogens with zero attached hydrogens (tertiary/aromatic N) is 3. The Kier molecular flexibility index (Phi) is 5.44. The second kappa shape index (κ2) is 7.78. The molecule has 142 valence electrons. The summed E-state index contributed by atoms with van der Waals surface area (Å²) in [6, 6.07) is 9.45. The van der Waals surface area contributed by atoms with Crippen LogP contribution in [0, 0.1) is 0 Å². The van der Waals surface area contributed by atoms with Gasteiger partial charge in [-0.15, -0.1) is 0 Å². The van der Waals surface area contributed by atoms with Crippen LogP contribution in [0.3, 0.4) is 0 Å². The summed E-state index contributed by atoms with van der Waals surface area (Å²) < 4.78 is 7.47. The molecule has 0 aliphatic heterocycles. The monoisotopic (exact) mass is 366 g/mol. The number of fused-ring (bicyclic) bond motifs is 1. The van der Waals surface area contributed by atoms with Crippen molar-refractivity contribution >= 4 is 22.6 Å². The Bertz CT molecular complexity index is 960. The van der Waals surface area contributed by atoms with Gasteiger partial charge in [-0.2, -0.15) is 5.10 Å². The molecule has 3 aromatic rings. The highest BCUT2D eigenvalue weighted by Gasteiger charge is 2.19. The van der Waals surface area contributed by atoms with Crippen LogP contribution in [0.5, 0.6) is 5.75 Å². The lowest BCUT2D eigenvalue weighted by Crippen LogP contribution is -2.15. The summed E-state index contributed by atoms with van der Waals surface area (Å²) in [4.78, 5) is 17.9. The quantitative estimate of drug-likeness (QED) is 0.681. The predicted octanol–water partition coefficient (Wildman–Crippen LogP) is 4.79. The average Bonchev–Trinajstić information content (AvgIpc) is 3.06. The van der Waals surface area contributed by atoms with Gasteiger partial charge in [-0.1, -0.05) is 26.0 Å². The highest BCUT2D eigenvalue weighted by molar-refractivity contribution is 6.12. The molecule has 3 rings (SSSR count). The molecular weight excluding hydrogens is 340 g/mol. The minimum Gasteiger partial charge on any atom is -0.492 e. The maximum absolute atomic E-state index is 13.1. The summed E-state index contributed by atoms with van der Waals surface area (Å²) in [6.07, 6.45) is 1.72.